The van der Waals surface area contributed by atoms with Crippen LogP contribution in [0.3, 0.4) is 0 Å². The first-order chi connectivity index (χ1) is 8.52. The van der Waals surface area contributed by atoms with E-state index in [0.717, 1.165) is 12.0 Å². The molecule has 0 aliphatic heterocycles. The molecule has 0 radical (unpaired) electrons. The predicted molar refractivity (Wildman–Crippen MR) is 70.5 cm³/mol. The normalized spacial score (nSPS) is 10.5. The lowest BCUT2D eigenvalue weighted by atomic mass is 10.1. The number of methoxy groups -OCH3 is 1. The Bertz CT molecular complexity index is 376. The van der Waals surface area contributed by atoms with Crippen molar-refractivity contribution in [3.8, 4) is 0 Å². The first-order valence-corrected chi connectivity index (χ1v) is 6.11. The predicted octanol–water partition coefficient (Wildman–Crippen LogP) is 1.67. The van der Waals surface area contributed by atoms with Gasteiger partial charge in [-0.3, -0.25) is 4.79 Å². The van der Waals surface area contributed by atoms with Crippen LogP contribution in [0.1, 0.15) is 25.8 Å². The smallest absolute Gasteiger partial charge is 0.307 e. The minimum Gasteiger partial charge on any atom is -0.469 e. The van der Waals surface area contributed by atoms with E-state index in [0.29, 0.717) is 24.8 Å². The van der Waals surface area contributed by atoms with Crippen molar-refractivity contribution in [2.24, 2.45) is 5.92 Å². The Kier molecular flexibility index (Phi) is 5.55. The van der Waals surface area contributed by atoms with Crippen molar-refractivity contribution in [3.05, 3.63) is 18.0 Å². The highest BCUT2D eigenvalue weighted by Crippen LogP contribution is 2.09. The molecule has 0 amide bonds. The van der Waals surface area contributed by atoms with Crippen molar-refractivity contribution in [1.82, 2.24) is 9.97 Å². The lowest BCUT2D eigenvalue weighted by Crippen LogP contribution is -2.23. The molecule has 0 aliphatic rings. The summed E-state index contributed by atoms with van der Waals surface area (Å²) in [6.07, 6.45) is 5.00. The summed E-state index contributed by atoms with van der Waals surface area (Å²) in [5.74, 6) is 1.00. The second-order valence-corrected chi connectivity index (χ2v) is 4.74. The third-order valence-electron chi connectivity index (χ3n) is 2.56. The zero-order chi connectivity index (χ0) is 13.5. The van der Waals surface area contributed by atoms with Gasteiger partial charge in [-0.1, -0.05) is 13.8 Å². The Labute approximate surface area is 108 Å². The monoisotopic (exact) mass is 251 g/mol. The first-order valence-electron chi connectivity index (χ1n) is 6.11. The van der Waals surface area contributed by atoms with Gasteiger partial charge in [0, 0.05) is 26.0 Å². The van der Waals surface area contributed by atoms with Crippen molar-refractivity contribution in [1.29, 1.82) is 0 Å². The molecule has 0 N–H and O–H groups in total. The largest absolute Gasteiger partial charge is 0.469 e. The summed E-state index contributed by atoms with van der Waals surface area (Å²) in [5, 5.41) is 0. The molecule has 18 heavy (non-hydrogen) atoms. The Morgan fingerprint density at radius 1 is 1.39 bits per heavy atom. The van der Waals surface area contributed by atoms with Crippen LogP contribution in [-0.2, 0) is 16.0 Å². The molecule has 5 nitrogen and oxygen atoms in total. The number of carbonyl (C=O) groups excluding carboxylic acids is 1. The molecular weight excluding hydrogens is 230 g/mol. The highest BCUT2D eigenvalue weighted by Gasteiger charge is 2.08. The molecule has 0 fully saturated rings. The zero-order valence-electron chi connectivity index (χ0n) is 11.5. The molecule has 1 rings (SSSR count). The number of rotatable bonds is 6. The molecule has 1 aromatic rings. The molecule has 100 valence electrons. The highest BCUT2D eigenvalue weighted by atomic mass is 16.5. The fourth-order valence-electron chi connectivity index (χ4n) is 1.58. The maximum atomic E-state index is 11.0. The van der Waals surface area contributed by atoms with Gasteiger partial charge in [-0.05, 0) is 17.9 Å². The number of aromatic nitrogens is 2. The van der Waals surface area contributed by atoms with E-state index in [1.54, 1.807) is 0 Å². The van der Waals surface area contributed by atoms with Crippen LogP contribution < -0.4 is 4.90 Å². The van der Waals surface area contributed by atoms with Gasteiger partial charge in [0.15, 0.2) is 0 Å². The third kappa shape index (κ3) is 4.69. The second-order valence-electron chi connectivity index (χ2n) is 4.74. The number of anilines is 1. The van der Waals surface area contributed by atoms with Gasteiger partial charge >= 0.3 is 5.97 Å². The fourth-order valence-corrected chi connectivity index (χ4v) is 1.58. The summed E-state index contributed by atoms with van der Waals surface area (Å²) in [4.78, 5) is 21.5. The van der Waals surface area contributed by atoms with E-state index in [-0.39, 0.29) is 5.97 Å². The zero-order valence-corrected chi connectivity index (χ0v) is 11.5. The van der Waals surface area contributed by atoms with Crippen LogP contribution in [0.4, 0.5) is 5.95 Å². The van der Waals surface area contributed by atoms with Crippen molar-refractivity contribution in [2.45, 2.75) is 26.7 Å². The molecule has 0 saturated heterocycles. The number of nitrogens with zero attached hydrogens (tertiary/aromatic N) is 3. The van der Waals surface area contributed by atoms with Gasteiger partial charge in [-0.2, -0.15) is 0 Å². The number of ether oxygens (including phenoxy) is 1. The van der Waals surface area contributed by atoms with Crippen molar-refractivity contribution in [2.75, 3.05) is 25.6 Å². The van der Waals surface area contributed by atoms with Crippen molar-refractivity contribution in [3.63, 3.8) is 0 Å². The third-order valence-corrected chi connectivity index (χ3v) is 2.56. The number of hydrogen-bond donors (Lipinski definition) is 0. The topological polar surface area (TPSA) is 55.3 Å². The van der Waals surface area contributed by atoms with Gasteiger partial charge < -0.3 is 9.64 Å². The average Bonchev–Trinajstić information content (AvgIpc) is 2.35. The molecule has 0 unspecified atom stereocenters. The Morgan fingerprint density at radius 3 is 2.50 bits per heavy atom. The van der Waals surface area contributed by atoms with Crippen LogP contribution in [-0.4, -0.2) is 36.6 Å². The molecule has 1 aromatic heterocycles. The van der Waals surface area contributed by atoms with Gasteiger partial charge in [-0.25, -0.2) is 9.97 Å². The Balaban J connectivity index is 2.53. The number of hydrogen-bond acceptors (Lipinski definition) is 5. The van der Waals surface area contributed by atoms with Crippen LogP contribution >= 0.6 is 0 Å². The molecular formula is C13H21N3O2. The number of carbonyl (C=O) groups is 1. The molecule has 1 heterocycles. The Morgan fingerprint density at radius 2 is 2.00 bits per heavy atom. The molecule has 5 heteroatoms. The minimum atomic E-state index is -0.224. The van der Waals surface area contributed by atoms with E-state index >= 15 is 0 Å². The lowest BCUT2D eigenvalue weighted by molar-refractivity contribution is -0.140. The molecule has 0 atom stereocenters. The average molecular weight is 251 g/mol. The maximum absolute atomic E-state index is 11.0. The summed E-state index contributed by atoms with van der Waals surface area (Å²) >= 11 is 0. The van der Waals surface area contributed by atoms with Gasteiger partial charge in [0.2, 0.25) is 5.95 Å². The minimum absolute atomic E-state index is 0.224. The highest BCUT2D eigenvalue weighted by molar-refractivity contribution is 5.69. The SMILES string of the molecule is COC(=O)CCN(C)c1ncc(CC(C)C)cn1. The number of esters is 1. The second kappa shape index (κ2) is 6.93. The van der Waals surface area contributed by atoms with E-state index in [9.17, 15) is 4.79 Å². The molecule has 0 saturated carbocycles. The van der Waals surface area contributed by atoms with Gasteiger partial charge in [0.05, 0.1) is 13.5 Å². The van der Waals surface area contributed by atoms with Crippen molar-refractivity contribution >= 4 is 11.9 Å². The van der Waals surface area contributed by atoms with E-state index in [2.05, 4.69) is 28.6 Å². The van der Waals surface area contributed by atoms with Crippen LogP contribution in [0.15, 0.2) is 12.4 Å². The summed E-state index contributed by atoms with van der Waals surface area (Å²) in [6, 6.07) is 0. The summed E-state index contributed by atoms with van der Waals surface area (Å²) in [7, 11) is 3.25. The van der Waals surface area contributed by atoms with Gasteiger partial charge in [0.25, 0.3) is 0 Å². The van der Waals surface area contributed by atoms with Gasteiger partial charge in [0.1, 0.15) is 0 Å². The fraction of sp³-hybridized carbons (Fsp3) is 0.615. The van der Waals surface area contributed by atoms with E-state index < -0.39 is 0 Å². The quantitative estimate of drug-likeness (QED) is 0.720. The van der Waals surface area contributed by atoms with E-state index in [1.165, 1.54) is 7.11 Å². The standard InChI is InChI=1S/C13H21N3O2/c1-10(2)7-11-8-14-13(15-9-11)16(3)6-5-12(17)18-4/h8-10H,5-7H2,1-4H3. The van der Waals surface area contributed by atoms with Crippen LogP contribution in [0.2, 0.25) is 0 Å². The Hall–Kier alpha value is -1.65. The maximum Gasteiger partial charge on any atom is 0.307 e. The first kappa shape index (κ1) is 14.4. The van der Waals surface area contributed by atoms with Crippen LogP contribution in [0, 0.1) is 5.92 Å². The molecule has 0 aliphatic carbocycles. The van der Waals surface area contributed by atoms with Crippen molar-refractivity contribution < 1.29 is 9.53 Å². The molecule has 0 aromatic carbocycles. The van der Waals surface area contributed by atoms with Crippen LogP contribution in [0.5, 0.6) is 0 Å². The lowest BCUT2D eigenvalue weighted by Gasteiger charge is -2.16. The summed E-state index contributed by atoms with van der Waals surface area (Å²) < 4.78 is 4.59. The van der Waals surface area contributed by atoms with E-state index in [1.807, 2.05) is 24.3 Å². The summed E-state index contributed by atoms with van der Waals surface area (Å²) in [6.45, 7) is 4.88. The van der Waals surface area contributed by atoms with Gasteiger partial charge in [-0.15, -0.1) is 0 Å². The van der Waals surface area contributed by atoms with Crippen LogP contribution in [0.25, 0.3) is 0 Å². The summed E-state index contributed by atoms with van der Waals surface area (Å²) in [5.41, 5.74) is 1.13. The molecule has 0 spiro atoms. The van der Waals surface area contributed by atoms with E-state index in [4.69, 9.17) is 0 Å². The molecule has 0 bridgehead atoms.